The molecular formula is C13H16N6OS. The molecule has 7 nitrogen and oxygen atoms in total. The van der Waals surface area contributed by atoms with Crippen LogP contribution in [-0.2, 0) is 4.79 Å². The standard InChI is InChI=1S/C13H16N6OS/c1-8(12(20)15-10-4-2-9(14)3-5-10)21-13-16-17-18-19(13)11-6-7-11/h2-5,8,11H,6-7,14H2,1H3,(H,15,20). The molecule has 1 heterocycles. The molecule has 1 aliphatic carbocycles. The summed E-state index contributed by atoms with van der Waals surface area (Å²) in [5.74, 6) is -0.0879. The number of nitrogens with zero attached hydrogens (tertiary/aromatic N) is 4. The number of hydrogen-bond acceptors (Lipinski definition) is 6. The maximum Gasteiger partial charge on any atom is 0.237 e. The first-order valence-electron chi connectivity index (χ1n) is 6.74. The number of tetrazole rings is 1. The molecular weight excluding hydrogens is 288 g/mol. The second kappa shape index (κ2) is 5.72. The van der Waals surface area contributed by atoms with Crippen molar-refractivity contribution in [1.29, 1.82) is 0 Å². The molecule has 0 bridgehead atoms. The number of nitrogens with two attached hydrogens (primary N) is 1. The number of rotatable bonds is 5. The van der Waals surface area contributed by atoms with Gasteiger partial charge in [0.25, 0.3) is 0 Å². The van der Waals surface area contributed by atoms with E-state index in [9.17, 15) is 4.79 Å². The molecule has 1 amide bonds. The molecule has 1 atom stereocenters. The van der Waals surface area contributed by atoms with Crippen molar-refractivity contribution >= 4 is 29.0 Å². The van der Waals surface area contributed by atoms with Crippen molar-refractivity contribution < 1.29 is 4.79 Å². The van der Waals surface area contributed by atoms with Gasteiger partial charge in [-0.2, -0.15) is 0 Å². The van der Waals surface area contributed by atoms with Crippen molar-refractivity contribution in [3.63, 3.8) is 0 Å². The Bertz CT molecular complexity index is 636. The molecule has 1 aliphatic rings. The minimum absolute atomic E-state index is 0.0879. The van der Waals surface area contributed by atoms with E-state index in [1.165, 1.54) is 11.8 Å². The highest BCUT2D eigenvalue weighted by atomic mass is 32.2. The van der Waals surface area contributed by atoms with E-state index in [1.54, 1.807) is 28.9 Å². The molecule has 0 spiro atoms. The van der Waals surface area contributed by atoms with Gasteiger partial charge in [-0.15, -0.1) is 5.10 Å². The summed E-state index contributed by atoms with van der Waals surface area (Å²) >= 11 is 1.37. The topological polar surface area (TPSA) is 98.7 Å². The van der Waals surface area contributed by atoms with E-state index in [-0.39, 0.29) is 11.2 Å². The Morgan fingerprint density at radius 1 is 1.43 bits per heavy atom. The number of nitrogen functional groups attached to an aromatic ring is 1. The lowest BCUT2D eigenvalue weighted by Gasteiger charge is -2.11. The average Bonchev–Trinajstić information content (AvgIpc) is 3.21. The second-order valence-electron chi connectivity index (χ2n) is 5.01. The molecule has 0 radical (unpaired) electrons. The molecule has 2 aromatic rings. The van der Waals surface area contributed by atoms with Crippen LogP contribution in [0.2, 0.25) is 0 Å². The highest BCUT2D eigenvalue weighted by Crippen LogP contribution is 2.37. The number of thioether (sulfide) groups is 1. The van der Waals surface area contributed by atoms with Crippen LogP contribution < -0.4 is 11.1 Å². The Labute approximate surface area is 126 Å². The molecule has 1 saturated carbocycles. The van der Waals surface area contributed by atoms with E-state index in [0.717, 1.165) is 18.5 Å². The molecule has 3 N–H and O–H groups in total. The van der Waals surface area contributed by atoms with E-state index in [4.69, 9.17) is 5.73 Å². The quantitative estimate of drug-likeness (QED) is 0.644. The lowest BCUT2D eigenvalue weighted by Crippen LogP contribution is -2.23. The zero-order chi connectivity index (χ0) is 14.8. The van der Waals surface area contributed by atoms with Crippen LogP contribution in [0.3, 0.4) is 0 Å². The summed E-state index contributed by atoms with van der Waals surface area (Å²) in [5, 5.41) is 14.9. The monoisotopic (exact) mass is 304 g/mol. The molecule has 3 rings (SSSR count). The Hall–Kier alpha value is -2.09. The molecule has 1 unspecified atom stereocenters. The third-order valence-corrected chi connectivity index (χ3v) is 4.23. The van der Waals surface area contributed by atoms with E-state index in [2.05, 4.69) is 20.8 Å². The fourth-order valence-electron chi connectivity index (χ4n) is 1.83. The van der Waals surface area contributed by atoms with Gasteiger partial charge in [-0.05, 0) is 54.5 Å². The summed E-state index contributed by atoms with van der Waals surface area (Å²) in [6.45, 7) is 1.84. The van der Waals surface area contributed by atoms with E-state index >= 15 is 0 Å². The molecule has 1 aromatic heterocycles. The van der Waals surface area contributed by atoms with Gasteiger partial charge in [0.15, 0.2) is 0 Å². The Kier molecular flexibility index (Phi) is 3.78. The maximum atomic E-state index is 12.2. The van der Waals surface area contributed by atoms with Crippen LogP contribution >= 0.6 is 11.8 Å². The van der Waals surface area contributed by atoms with Crippen molar-refractivity contribution in [3.05, 3.63) is 24.3 Å². The minimum atomic E-state index is -0.286. The third kappa shape index (κ3) is 3.33. The molecule has 21 heavy (non-hydrogen) atoms. The van der Waals surface area contributed by atoms with Gasteiger partial charge >= 0.3 is 0 Å². The average molecular weight is 304 g/mol. The van der Waals surface area contributed by atoms with Gasteiger partial charge in [-0.1, -0.05) is 11.8 Å². The summed E-state index contributed by atoms with van der Waals surface area (Å²) in [4.78, 5) is 12.2. The van der Waals surface area contributed by atoms with Crippen molar-refractivity contribution in [1.82, 2.24) is 20.2 Å². The second-order valence-corrected chi connectivity index (χ2v) is 6.32. The number of amides is 1. The zero-order valence-electron chi connectivity index (χ0n) is 11.6. The number of aromatic nitrogens is 4. The van der Waals surface area contributed by atoms with Crippen molar-refractivity contribution in [2.45, 2.75) is 36.2 Å². The number of carbonyl (C=O) groups excluding carboxylic acids is 1. The highest BCUT2D eigenvalue weighted by molar-refractivity contribution is 8.00. The van der Waals surface area contributed by atoms with Crippen LogP contribution in [0.4, 0.5) is 11.4 Å². The Morgan fingerprint density at radius 3 is 2.81 bits per heavy atom. The Balaban J connectivity index is 1.61. The smallest absolute Gasteiger partial charge is 0.237 e. The predicted molar refractivity (Wildman–Crippen MR) is 80.9 cm³/mol. The van der Waals surface area contributed by atoms with Crippen molar-refractivity contribution in [2.24, 2.45) is 0 Å². The summed E-state index contributed by atoms with van der Waals surface area (Å²) in [7, 11) is 0. The van der Waals surface area contributed by atoms with Crippen LogP contribution in [0.1, 0.15) is 25.8 Å². The van der Waals surface area contributed by atoms with E-state index < -0.39 is 0 Å². The zero-order valence-corrected chi connectivity index (χ0v) is 12.4. The first-order chi connectivity index (χ1) is 10.1. The third-order valence-electron chi connectivity index (χ3n) is 3.18. The summed E-state index contributed by atoms with van der Waals surface area (Å²) < 4.78 is 1.80. The largest absolute Gasteiger partial charge is 0.399 e. The van der Waals surface area contributed by atoms with Crippen LogP contribution in [0, 0.1) is 0 Å². The number of nitrogens with one attached hydrogen (secondary N) is 1. The lowest BCUT2D eigenvalue weighted by molar-refractivity contribution is -0.115. The SMILES string of the molecule is CC(Sc1nnnn1C1CC1)C(=O)Nc1ccc(N)cc1. The van der Waals surface area contributed by atoms with Gasteiger partial charge in [-0.3, -0.25) is 4.79 Å². The Morgan fingerprint density at radius 2 is 2.14 bits per heavy atom. The van der Waals surface area contributed by atoms with Gasteiger partial charge in [0.05, 0.1) is 11.3 Å². The molecule has 1 fully saturated rings. The maximum absolute atomic E-state index is 12.2. The van der Waals surface area contributed by atoms with Crippen LogP contribution in [-0.4, -0.2) is 31.4 Å². The fourth-order valence-corrected chi connectivity index (χ4v) is 2.69. The first kappa shape index (κ1) is 13.9. The summed E-state index contributed by atoms with van der Waals surface area (Å²) in [6.07, 6.45) is 2.20. The normalized spacial score (nSPS) is 15.7. The van der Waals surface area contributed by atoms with Crippen molar-refractivity contribution in [3.8, 4) is 0 Å². The van der Waals surface area contributed by atoms with Crippen LogP contribution in [0.15, 0.2) is 29.4 Å². The summed E-state index contributed by atoms with van der Waals surface area (Å²) in [5.41, 5.74) is 7.01. The minimum Gasteiger partial charge on any atom is -0.399 e. The molecule has 0 saturated heterocycles. The van der Waals surface area contributed by atoms with Gasteiger partial charge in [0.1, 0.15) is 0 Å². The van der Waals surface area contributed by atoms with Crippen LogP contribution in [0.5, 0.6) is 0 Å². The molecule has 110 valence electrons. The number of hydrogen-bond donors (Lipinski definition) is 2. The summed E-state index contributed by atoms with van der Waals surface area (Å²) in [6, 6.07) is 7.45. The number of benzene rings is 1. The van der Waals surface area contributed by atoms with Gasteiger partial charge in [0.2, 0.25) is 11.1 Å². The van der Waals surface area contributed by atoms with Crippen molar-refractivity contribution in [2.75, 3.05) is 11.1 Å². The predicted octanol–water partition coefficient (Wildman–Crippen LogP) is 1.71. The molecule has 8 heteroatoms. The molecule has 1 aromatic carbocycles. The fraction of sp³-hybridized carbons (Fsp3) is 0.385. The molecule has 0 aliphatic heterocycles. The number of anilines is 2. The van der Waals surface area contributed by atoms with E-state index in [1.807, 2.05) is 6.92 Å². The van der Waals surface area contributed by atoms with Gasteiger partial charge < -0.3 is 11.1 Å². The first-order valence-corrected chi connectivity index (χ1v) is 7.62. The van der Waals surface area contributed by atoms with Gasteiger partial charge in [-0.25, -0.2) is 4.68 Å². The van der Waals surface area contributed by atoms with Crippen LogP contribution in [0.25, 0.3) is 0 Å². The highest BCUT2D eigenvalue weighted by Gasteiger charge is 2.29. The lowest BCUT2D eigenvalue weighted by atomic mass is 10.3. The van der Waals surface area contributed by atoms with E-state index in [0.29, 0.717) is 16.9 Å². The number of carbonyl (C=O) groups is 1. The van der Waals surface area contributed by atoms with Gasteiger partial charge in [0, 0.05) is 11.4 Å².